The van der Waals surface area contributed by atoms with Gasteiger partial charge in [-0.05, 0) is 12.8 Å². The van der Waals surface area contributed by atoms with Crippen LogP contribution in [0.1, 0.15) is 25.7 Å². The van der Waals surface area contributed by atoms with E-state index in [1.165, 1.54) is 0 Å². The zero-order chi connectivity index (χ0) is 12.0. The van der Waals surface area contributed by atoms with Gasteiger partial charge in [-0.15, -0.1) is 0 Å². The number of rotatable bonds is 5. The number of carbonyl (C=O) groups excluding carboxylic acids is 1. The van der Waals surface area contributed by atoms with Gasteiger partial charge < -0.3 is 10.1 Å². The number of nitrogens with one attached hydrogen (secondary N) is 1. The molecule has 94 valence electrons. The van der Waals surface area contributed by atoms with Crippen LogP contribution in [0.4, 0.5) is 13.2 Å². The first-order valence-electron chi connectivity index (χ1n) is 5.43. The zero-order valence-electron chi connectivity index (χ0n) is 8.98. The molecule has 0 radical (unpaired) electrons. The minimum atomic E-state index is -4.21. The van der Waals surface area contributed by atoms with Gasteiger partial charge in [-0.2, -0.15) is 13.2 Å². The fraction of sp³-hybridized carbons (Fsp3) is 0.900. The molecule has 1 aliphatic carbocycles. The average molecular weight is 239 g/mol. The van der Waals surface area contributed by atoms with Crippen LogP contribution in [0, 0.1) is 5.92 Å². The first-order chi connectivity index (χ1) is 7.49. The number of alkyl halides is 3. The molecule has 0 aromatic rings. The average Bonchev–Trinajstić information content (AvgIpc) is 2.67. The van der Waals surface area contributed by atoms with E-state index < -0.39 is 12.7 Å². The Morgan fingerprint density at radius 2 is 1.94 bits per heavy atom. The van der Waals surface area contributed by atoms with E-state index in [4.69, 9.17) is 4.74 Å². The highest BCUT2D eigenvalue weighted by Gasteiger charge is 2.26. The Bertz CT molecular complexity index is 225. The van der Waals surface area contributed by atoms with Crippen molar-refractivity contribution >= 4 is 5.97 Å². The highest BCUT2D eigenvalue weighted by molar-refractivity contribution is 5.72. The molecule has 0 aromatic carbocycles. The van der Waals surface area contributed by atoms with Crippen LogP contribution in [0.25, 0.3) is 0 Å². The van der Waals surface area contributed by atoms with Crippen molar-refractivity contribution in [2.75, 3.05) is 19.7 Å². The maximum Gasteiger partial charge on any atom is 0.401 e. The maximum absolute atomic E-state index is 11.7. The Balaban J connectivity index is 2.00. The molecule has 1 aliphatic rings. The lowest BCUT2D eigenvalue weighted by molar-refractivity contribution is -0.148. The van der Waals surface area contributed by atoms with E-state index >= 15 is 0 Å². The largest absolute Gasteiger partial charge is 0.464 e. The quantitative estimate of drug-likeness (QED) is 0.588. The molecule has 16 heavy (non-hydrogen) atoms. The molecule has 0 amide bonds. The molecule has 0 aromatic heterocycles. The monoisotopic (exact) mass is 239 g/mol. The summed E-state index contributed by atoms with van der Waals surface area (Å²) in [5.41, 5.74) is 0. The topological polar surface area (TPSA) is 38.3 Å². The number of esters is 1. The molecule has 1 fully saturated rings. The number of hydrogen-bond donors (Lipinski definition) is 1. The van der Waals surface area contributed by atoms with Crippen LogP contribution in [0.5, 0.6) is 0 Å². The summed E-state index contributed by atoms with van der Waals surface area (Å²) in [4.78, 5) is 11.3. The Labute approximate surface area is 92.3 Å². The fourth-order valence-corrected chi connectivity index (χ4v) is 1.73. The van der Waals surface area contributed by atoms with E-state index in [0.717, 1.165) is 25.7 Å². The van der Waals surface area contributed by atoms with Crippen LogP contribution in [0.2, 0.25) is 0 Å². The predicted molar refractivity (Wildman–Crippen MR) is 51.8 cm³/mol. The minimum absolute atomic E-state index is 0.00537. The second-order valence-corrected chi connectivity index (χ2v) is 3.94. The lowest BCUT2D eigenvalue weighted by atomic mass is 10.1. The van der Waals surface area contributed by atoms with Gasteiger partial charge in [-0.1, -0.05) is 12.8 Å². The van der Waals surface area contributed by atoms with Crippen molar-refractivity contribution < 1.29 is 22.7 Å². The summed E-state index contributed by atoms with van der Waals surface area (Å²) in [6.45, 7) is -1.00. The van der Waals surface area contributed by atoms with Gasteiger partial charge in [0.2, 0.25) is 0 Å². The normalized spacial score (nSPS) is 17.7. The van der Waals surface area contributed by atoms with Gasteiger partial charge in [0.1, 0.15) is 6.61 Å². The van der Waals surface area contributed by atoms with Crippen LogP contribution >= 0.6 is 0 Å². The van der Waals surface area contributed by atoms with Crippen molar-refractivity contribution in [3.05, 3.63) is 0 Å². The summed E-state index contributed by atoms with van der Waals surface area (Å²) in [5, 5.41) is 2.17. The molecule has 1 rings (SSSR count). The van der Waals surface area contributed by atoms with Crippen molar-refractivity contribution in [3.8, 4) is 0 Å². The summed E-state index contributed by atoms with van der Waals surface area (Å²) >= 11 is 0. The van der Waals surface area contributed by atoms with Gasteiger partial charge in [0, 0.05) is 6.54 Å². The molecule has 0 saturated heterocycles. The van der Waals surface area contributed by atoms with Crippen molar-refractivity contribution in [1.29, 1.82) is 0 Å². The highest BCUT2D eigenvalue weighted by atomic mass is 19.4. The van der Waals surface area contributed by atoms with Gasteiger partial charge in [-0.25, -0.2) is 0 Å². The summed E-state index contributed by atoms with van der Waals surface area (Å²) in [6.07, 6.45) is -0.461. The van der Waals surface area contributed by atoms with E-state index in [1.54, 1.807) is 0 Å². The maximum atomic E-state index is 11.7. The zero-order valence-corrected chi connectivity index (χ0v) is 8.98. The molecule has 1 N–H and O–H groups in total. The van der Waals surface area contributed by atoms with Crippen molar-refractivity contribution in [3.63, 3.8) is 0 Å². The van der Waals surface area contributed by atoms with Crippen LogP contribution in [-0.2, 0) is 9.53 Å². The predicted octanol–water partition coefficient (Wildman–Crippen LogP) is 1.87. The Morgan fingerprint density at radius 1 is 1.31 bits per heavy atom. The van der Waals surface area contributed by atoms with E-state index in [1.807, 2.05) is 0 Å². The molecule has 3 nitrogen and oxygen atoms in total. The first kappa shape index (κ1) is 13.3. The highest BCUT2D eigenvalue weighted by Crippen LogP contribution is 2.25. The van der Waals surface area contributed by atoms with E-state index in [0.29, 0.717) is 0 Å². The number of ether oxygens (including phenoxy) is 1. The number of halogens is 3. The molecule has 0 bridgehead atoms. The van der Waals surface area contributed by atoms with Crippen LogP contribution < -0.4 is 5.32 Å². The van der Waals surface area contributed by atoms with Crippen molar-refractivity contribution in [1.82, 2.24) is 5.32 Å². The molecule has 0 spiro atoms. The lowest BCUT2D eigenvalue weighted by Gasteiger charge is -2.11. The van der Waals surface area contributed by atoms with Gasteiger partial charge in [0.15, 0.2) is 0 Å². The van der Waals surface area contributed by atoms with Crippen LogP contribution in [0.3, 0.4) is 0 Å². The van der Waals surface area contributed by atoms with E-state index in [9.17, 15) is 18.0 Å². The first-order valence-corrected chi connectivity index (χ1v) is 5.43. The van der Waals surface area contributed by atoms with Gasteiger partial charge >= 0.3 is 12.1 Å². The van der Waals surface area contributed by atoms with Crippen LogP contribution in [-0.4, -0.2) is 31.8 Å². The Hall–Kier alpha value is -0.780. The number of carbonyl (C=O) groups is 1. The third kappa shape index (κ3) is 5.34. The van der Waals surface area contributed by atoms with Crippen molar-refractivity contribution in [2.45, 2.75) is 31.9 Å². The van der Waals surface area contributed by atoms with Gasteiger partial charge in [0.25, 0.3) is 0 Å². The summed E-state index contributed by atoms with van der Waals surface area (Å²) in [7, 11) is 0. The molecular weight excluding hydrogens is 223 g/mol. The third-order valence-electron chi connectivity index (χ3n) is 2.54. The molecule has 0 aliphatic heterocycles. The molecule has 1 saturated carbocycles. The summed E-state index contributed by atoms with van der Waals surface area (Å²) < 4.78 is 40.0. The number of hydrogen-bond acceptors (Lipinski definition) is 3. The smallest absolute Gasteiger partial charge is 0.401 e. The van der Waals surface area contributed by atoms with E-state index in [2.05, 4.69) is 5.32 Å². The lowest BCUT2D eigenvalue weighted by Crippen LogP contribution is -2.32. The van der Waals surface area contributed by atoms with E-state index in [-0.39, 0.29) is 25.0 Å². The summed E-state index contributed by atoms with van der Waals surface area (Å²) in [5.74, 6) is -0.311. The second kappa shape index (κ2) is 6.08. The van der Waals surface area contributed by atoms with Crippen LogP contribution in [0.15, 0.2) is 0 Å². The Morgan fingerprint density at radius 3 is 2.50 bits per heavy atom. The second-order valence-electron chi connectivity index (χ2n) is 3.94. The fourth-order valence-electron chi connectivity index (χ4n) is 1.73. The molecular formula is C10H16F3NO2. The minimum Gasteiger partial charge on any atom is -0.464 e. The third-order valence-corrected chi connectivity index (χ3v) is 2.54. The Kier molecular flexibility index (Phi) is 5.05. The molecule has 0 unspecified atom stereocenters. The molecule has 6 heteroatoms. The van der Waals surface area contributed by atoms with Crippen molar-refractivity contribution in [2.24, 2.45) is 5.92 Å². The SMILES string of the molecule is O=C(OCCNCC(F)(F)F)C1CCCC1. The molecule has 0 heterocycles. The van der Waals surface area contributed by atoms with Gasteiger partial charge in [0.05, 0.1) is 12.5 Å². The standard InChI is InChI=1S/C10H16F3NO2/c11-10(12,13)7-14-5-6-16-9(15)8-3-1-2-4-8/h8,14H,1-7H2. The molecule has 0 atom stereocenters. The summed E-state index contributed by atoms with van der Waals surface area (Å²) in [6, 6.07) is 0. The van der Waals surface area contributed by atoms with Gasteiger partial charge in [-0.3, -0.25) is 4.79 Å².